The van der Waals surface area contributed by atoms with E-state index in [4.69, 9.17) is 9.15 Å². The molecule has 1 atom stereocenters. The van der Waals surface area contributed by atoms with Crippen molar-refractivity contribution in [3.63, 3.8) is 0 Å². The molecule has 124 valence electrons. The van der Waals surface area contributed by atoms with Crippen LogP contribution in [0.1, 0.15) is 42.1 Å². The van der Waals surface area contributed by atoms with Gasteiger partial charge >= 0.3 is 0 Å². The van der Waals surface area contributed by atoms with E-state index in [-0.39, 0.29) is 0 Å². The Hall–Kier alpha value is -1.74. The Balaban J connectivity index is 1.54. The van der Waals surface area contributed by atoms with E-state index in [0.29, 0.717) is 5.92 Å². The Morgan fingerprint density at radius 1 is 1.30 bits per heavy atom. The topological polar surface area (TPSA) is 25.6 Å². The highest BCUT2D eigenvalue weighted by molar-refractivity contribution is 5.39. The van der Waals surface area contributed by atoms with Crippen molar-refractivity contribution in [2.45, 2.75) is 38.0 Å². The molecule has 0 bridgehead atoms. The smallest absolute Gasteiger partial charge is 0.119 e. The fourth-order valence-corrected chi connectivity index (χ4v) is 3.65. The minimum Gasteiger partial charge on any atom is -0.497 e. The Bertz CT molecular complexity index is 606. The van der Waals surface area contributed by atoms with Gasteiger partial charge in [-0.2, -0.15) is 0 Å². The number of hydrogen-bond acceptors (Lipinski definition) is 3. The molecule has 1 heterocycles. The number of likely N-dealkylation sites (N-methyl/N-ethyl adjacent to an activating group) is 1. The van der Waals surface area contributed by atoms with E-state index in [0.717, 1.165) is 37.4 Å². The van der Waals surface area contributed by atoms with E-state index in [2.05, 4.69) is 36.2 Å². The molecule has 0 saturated carbocycles. The number of rotatable bonds is 7. The third-order valence-corrected chi connectivity index (χ3v) is 4.86. The number of hydrogen-bond donors (Lipinski definition) is 0. The monoisotopic (exact) mass is 313 g/mol. The van der Waals surface area contributed by atoms with Crippen LogP contribution in [0.3, 0.4) is 0 Å². The first-order valence-electron chi connectivity index (χ1n) is 8.64. The largest absolute Gasteiger partial charge is 0.497 e. The zero-order valence-electron chi connectivity index (χ0n) is 14.3. The molecule has 0 saturated heterocycles. The average molecular weight is 313 g/mol. The zero-order chi connectivity index (χ0) is 16.1. The van der Waals surface area contributed by atoms with Gasteiger partial charge in [-0.25, -0.2) is 0 Å². The molecule has 0 aliphatic heterocycles. The lowest BCUT2D eigenvalue weighted by Gasteiger charge is -2.29. The second kappa shape index (κ2) is 7.69. The molecular weight excluding hydrogens is 286 g/mol. The van der Waals surface area contributed by atoms with Crippen molar-refractivity contribution in [3.05, 3.63) is 53.5 Å². The summed E-state index contributed by atoms with van der Waals surface area (Å²) in [5.74, 6) is 2.72. The van der Waals surface area contributed by atoms with Crippen LogP contribution in [0.15, 0.2) is 41.0 Å². The fourth-order valence-electron chi connectivity index (χ4n) is 3.65. The second-order valence-electron chi connectivity index (χ2n) is 6.60. The predicted molar refractivity (Wildman–Crippen MR) is 93.2 cm³/mol. The molecule has 0 amide bonds. The normalized spacial score (nSPS) is 17.3. The first-order valence-corrected chi connectivity index (χ1v) is 8.64. The van der Waals surface area contributed by atoms with E-state index in [1.165, 1.54) is 30.4 Å². The maximum Gasteiger partial charge on any atom is 0.119 e. The number of ether oxygens (including phenoxy) is 1. The molecule has 3 nitrogen and oxygen atoms in total. The van der Waals surface area contributed by atoms with E-state index in [1.54, 1.807) is 13.4 Å². The maximum atomic E-state index is 5.40. The standard InChI is InChI=1S/C20H27NO2/c1-21(12-4-8-18-9-5-13-23-18)15-17-7-3-6-16-14-19(22-2)10-11-20(16)17/h5,9-11,13-14,17H,3-4,6-8,12,15H2,1-2H3. The molecule has 1 aromatic heterocycles. The summed E-state index contributed by atoms with van der Waals surface area (Å²) in [4.78, 5) is 2.47. The molecule has 0 radical (unpaired) electrons. The Kier molecular flexibility index (Phi) is 5.39. The number of aryl methyl sites for hydroxylation is 2. The number of fused-ring (bicyclic) bond motifs is 1. The lowest BCUT2D eigenvalue weighted by atomic mass is 9.82. The van der Waals surface area contributed by atoms with Crippen LogP contribution >= 0.6 is 0 Å². The summed E-state index contributed by atoms with van der Waals surface area (Å²) in [7, 11) is 3.98. The van der Waals surface area contributed by atoms with Crippen molar-refractivity contribution in [2.24, 2.45) is 0 Å². The number of furan rings is 1. The SMILES string of the molecule is COc1ccc2c(c1)CCCC2CN(C)CCCc1ccco1. The fraction of sp³-hybridized carbons (Fsp3) is 0.500. The van der Waals surface area contributed by atoms with Gasteiger partial charge in [0.15, 0.2) is 0 Å². The van der Waals surface area contributed by atoms with Gasteiger partial charge < -0.3 is 14.1 Å². The lowest BCUT2D eigenvalue weighted by Crippen LogP contribution is -2.28. The summed E-state index contributed by atoms with van der Waals surface area (Å²) in [5, 5.41) is 0. The van der Waals surface area contributed by atoms with Crippen molar-refractivity contribution < 1.29 is 9.15 Å². The third-order valence-electron chi connectivity index (χ3n) is 4.86. The molecule has 0 fully saturated rings. The highest BCUT2D eigenvalue weighted by Gasteiger charge is 2.21. The summed E-state index contributed by atoms with van der Waals surface area (Å²) in [6.45, 7) is 2.25. The van der Waals surface area contributed by atoms with Gasteiger partial charge in [-0.15, -0.1) is 0 Å². The lowest BCUT2D eigenvalue weighted by molar-refractivity contribution is 0.291. The molecule has 0 spiro atoms. The van der Waals surface area contributed by atoms with E-state index in [1.807, 2.05) is 6.07 Å². The van der Waals surface area contributed by atoms with Crippen molar-refractivity contribution in [1.82, 2.24) is 4.90 Å². The van der Waals surface area contributed by atoms with Crippen LogP contribution in [0.25, 0.3) is 0 Å². The van der Waals surface area contributed by atoms with Crippen LogP contribution in [0, 0.1) is 0 Å². The van der Waals surface area contributed by atoms with Crippen LogP contribution in [0.2, 0.25) is 0 Å². The van der Waals surface area contributed by atoms with Gasteiger partial charge in [-0.1, -0.05) is 6.07 Å². The second-order valence-corrected chi connectivity index (χ2v) is 6.60. The molecule has 3 rings (SSSR count). The molecule has 1 aliphatic rings. The molecular formula is C20H27NO2. The van der Waals surface area contributed by atoms with Crippen molar-refractivity contribution in [3.8, 4) is 5.75 Å². The minimum atomic E-state index is 0.651. The number of methoxy groups -OCH3 is 1. The highest BCUT2D eigenvalue weighted by atomic mass is 16.5. The Morgan fingerprint density at radius 3 is 3.00 bits per heavy atom. The minimum absolute atomic E-state index is 0.651. The summed E-state index contributed by atoms with van der Waals surface area (Å²) < 4.78 is 10.8. The third kappa shape index (κ3) is 4.17. The van der Waals surface area contributed by atoms with Gasteiger partial charge in [0.25, 0.3) is 0 Å². The summed E-state index contributed by atoms with van der Waals surface area (Å²) in [6.07, 6.45) is 7.69. The van der Waals surface area contributed by atoms with Crippen molar-refractivity contribution in [1.29, 1.82) is 0 Å². The summed E-state index contributed by atoms with van der Waals surface area (Å²) in [6, 6.07) is 10.6. The quantitative estimate of drug-likeness (QED) is 0.763. The van der Waals surface area contributed by atoms with Crippen LogP contribution in [-0.4, -0.2) is 32.1 Å². The van der Waals surface area contributed by atoms with Gasteiger partial charge in [-0.05, 0) is 80.6 Å². The van der Waals surface area contributed by atoms with Crippen molar-refractivity contribution in [2.75, 3.05) is 27.2 Å². The van der Waals surface area contributed by atoms with Gasteiger partial charge in [0.2, 0.25) is 0 Å². The van der Waals surface area contributed by atoms with Gasteiger partial charge in [-0.3, -0.25) is 0 Å². The Labute approximate surface area is 139 Å². The maximum absolute atomic E-state index is 5.40. The van der Waals surface area contributed by atoms with Crippen LogP contribution in [0.4, 0.5) is 0 Å². The van der Waals surface area contributed by atoms with E-state index in [9.17, 15) is 0 Å². The molecule has 0 N–H and O–H groups in total. The first kappa shape index (κ1) is 16.1. The summed E-state index contributed by atoms with van der Waals surface area (Å²) in [5.41, 5.74) is 3.00. The predicted octanol–water partition coefficient (Wildman–Crippen LogP) is 4.27. The van der Waals surface area contributed by atoms with Crippen molar-refractivity contribution >= 4 is 0 Å². The Morgan fingerprint density at radius 2 is 2.22 bits per heavy atom. The average Bonchev–Trinajstić information content (AvgIpc) is 3.08. The van der Waals surface area contributed by atoms with Crippen LogP contribution in [-0.2, 0) is 12.8 Å². The highest BCUT2D eigenvalue weighted by Crippen LogP contribution is 2.34. The molecule has 2 aromatic rings. The molecule has 1 aliphatic carbocycles. The van der Waals surface area contributed by atoms with E-state index < -0.39 is 0 Å². The molecule has 3 heteroatoms. The molecule has 23 heavy (non-hydrogen) atoms. The number of nitrogens with zero attached hydrogens (tertiary/aromatic N) is 1. The molecule has 1 aromatic carbocycles. The van der Waals surface area contributed by atoms with Gasteiger partial charge in [0.1, 0.15) is 11.5 Å². The zero-order valence-corrected chi connectivity index (χ0v) is 14.3. The summed E-state index contributed by atoms with van der Waals surface area (Å²) >= 11 is 0. The van der Waals surface area contributed by atoms with Gasteiger partial charge in [0.05, 0.1) is 13.4 Å². The van der Waals surface area contributed by atoms with Gasteiger partial charge in [0, 0.05) is 13.0 Å². The van der Waals surface area contributed by atoms with Crippen LogP contribution in [0.5, 0.6) is 5.75 Å². The van der Waals surface area contributed by atoms with E-state index >= 15 is 0 Å². The molecule has 1 unspecified atom stereocenters. The van der Waals surface area contributed by atoms with Crippen LogP contribution < -0.4 is 4.74 Å². The number of benzene rings is 1. The first-order chi connectivity index (χ1) is 11.3.